The van der Waals surface area contributed by atoms with Crippen molar-refractivity contribution < 1.29 is 0 Å². The number of hydrogen-bond donors (Lipinski definition) is 0. The molecule has 0 aromatic heterocycles. The van der Waals surface area contributed by atoms with Gasteiger partial charge in [0.05, 0.1) is 0 Å². The van der Waals surface area contributed by atoms with Crippen molar-refractivity contribution in [3.05, 3.63) is 54.6 Å². The summed E-state index contributed by atoms with van der Waals surface area (Å²) in [6.07, 6.45) is 9.27. The fourth-order valence-electron chi connectivity index (χ4n) is 2.73. The number of hydrogen-bond acceptors (Lipinski definition) is 0. The van der Waals surface area contributed by atoms with Crippen molar-refractivity contribution >= 4 is 6.08 Å². The van der Waals surface area contributed by atoms with E-state index >= 15 is 0 Å². The van der Waals surface area contributed by atoms with Crippen LogP contribution in [0.2, 0.25) is 0 Å². The zero-order valence-corrected chi connectivity index (χ0v) is 9.86. The Kier molecular flexibility index (Phi) is 3.61. The fourth-order valence-corrected chi connectivity index (χ4v) is 2.73. The Morgan fingerprint density at radius 2 is 1.69 bits per heavy atom. The minimum atomic E-state index is 0.727. The first-order valence-electron chi connectivity index (χ1n) is 6.19. The van der Waals surface area contributed by atoms with Crippen LogP contribution in [0.3, 0.4) is 0 Å². The van der Waals surface area contributed by atoms with Crippen LogP contribution in [0.1, 0.15) is 42.7 Å². The van der Waals surface area contributed by atoms with Crippen molar-refractivity contribution in [1.82, 2.24) is 0 Å². The maximum absolute atomic E-state index is 3.90. The lowest BCUT2D eigenvalue weighted by molar-refractivity contribution is 0.376. The Hall–Kier alpha value is -1.30. The minimum absolute atomic E-state index is 0.727. The van der Waals surface area contributed by atoms with Crippen LogP contribution < -0.4 is 0 Å². The summed E-state index contributed by atoms with van der Waals surface area (Å²) in [5.41, 5.74) is 2.80. The van der Waals surface area contributed by atoms with E-state index in [0.717, 1.165) is 11.8 Å². The van der Waals surface area contributed by atoms with Gasteiger partial charge in [-0.15, -0.1) is 6.58 Å². The molecule has 1 saturated carbocycles. The van der Waals surface area contributed by atoms with Gasteiger partial charge in [-0.1, -0.05) is 43.0 Å². The summed E-state index contributed by atoms with van der Waals surface area (Å²) >= 11 is 0. The van der Waals surface area contributed by atoms with Gasteiger partial charge in [0.2, 0.25) is 0 Å². The summed E-state index contributed by atoms with van der Waals surface area (Å²) in [5, 5.41) is 0. The van der Waals surface area contributed by atoms with Crippen molar-refractivity contribution in [1.29, 1.82) is 0 Å². The normalized spacial score (nSPS) is 25.0. The number of rotatable bonds is 3. The highest BCUT2D eigenvalue weighted by Crippen LogP contribution is 2.37. The highest BCUT2D eigenvalue weighted by atomic mass is 14.3. The van der Waals surface area contributed by atoms with E-state index in [4.69, 9.17) is 0 Å². The molecule has 1 aliphatic carbocycles. The van der Waals surface area contributed by atoms with Gasteiger partial charge in [-0.2, -0.15) is 0 Å². The van der Waals surface area contributed by atoms with Crippen molar-refractivity contribution in [2.45, 2.75) is 31.6 Å². The smallest absolute Gasteiger partial charge is 0.0156 e. The lowest BCUT2D eigenvalue weighted by atomic mass is 9.77. The zero-order valence-electron chi connectivity index (χ0n) is 9.86. The molecule has 0 spiro atoms. The van der Waals surface area contributed by atoms with Crippen molar-refractivity contribution in [3.63, 3.8) is 0 Å². The van der Waals surface area contributed by atoms with Crippen LogP contribution >= 0.6 is 0 Å². The van der Waals surface area contributed by atoms with E-state index < -0.39 is 0 Å². The summed E-state index contributed by atoms with van der Waals surface area (Å²) in [6, 6.07) is 8.66. The van der Waals surface area contributed by atoms with Gasteiger partial charge in [0.25, 0.3) is 0 Å². The van der Waals surface area contributed by atoms with Gasteiger partial charge in [0.15, 0.2) is 0 Å². The molecule has 0 atom stereocenters. The second-order valence-corrected chi connectivity index (χ2v) is 4.68. The van der Waals surface area contributed by atoms with Gasteiger partial charge >= 0.3 is 0 Å². The van der Waals surface area contributed by atoms with Crippen molar-refractivity contribution in [3.8, 4) is 0 Å². The molecule has 0 heterocycles. The molecule has 1 aromatic carbocycles. The molecule has 0 nitrogen and oxygen atoms in total. The molecular weight excluding hydrogens is 192 g/mol. The Labute approximate surface area is 98.7 Å². The summed E-state index contributed by atoms with van der Waals surface area (Å²) < 4.78 is 0. The molecule has 0 amide bonds. The van der Waals surface area contributed by atoms with E-state index in [1.165, 1.54) is 36.8 Å². The predicted octanol–water partition coefficient (Wildman–Crippen LogP) is 4.79. The van der Waals surface area contributed by atoms with E-state index in [2.05, 4.69) is 43.5 Å². The van der Waals surface area contributed by atoms with Crippen LogP contribution in [0, 0.1) is 5.92 Å². The first kappa shape index (κ1) is 11.2. The van der Waals surface area contributed by atoms with Crippen LogP contribution in [-0.4, -0.2) is 0 Å². The molecule has 16 heavy (non-hydrogen) atoms. The van der Waals surface area contributed by atoms with E-state index in [1.54, 1.807) is 0 Å². The van der Waals surface area contributed by atoms with Crippen molar-refractivity contribution in [2.24, 2.45) is 5.92 Å². The van der Waals surface area contributed by atoms with Gasteiger partial charge < -0.3 is 0 Å². The lowest BCUT2D eigenvalue weighted by Gasteiger charge is -2.27. The highest BCUT2D eigenvalue weighted by Gasteiger charge is 2.21. The van der Waals surface area contributed by atoms with Crippen LogP contribution in [0.5, 0.6) is 0 Å². The Morgan fingerprint density at radius 1 is 1.00 bits per heavy atom. The summed E-state index contributed by atoms with van der Waals surface area (Å²) in [4.78, 5) is 0. The second kappa shape index (κ2) is 5.16. The first-order valence-corrected chi connectivity index (χ1v) is 6.19. The molecule has 84 valence electrons. The van der Waals surface area contributed by atoms with E-state index in [9.17, 15) is 0 Å². The van der Waals surface area contributed by atoms with Crippen molar-refractivity contribution in [2.75, 3.05) is 0 Å². The lowest BCUT2D eigenvalue weighted by Crippen LogP contribution is -2.12. The molecule has 0 heteroatoms. The highest BCUT2D eigenvalue weighted by molar-refractivity contribution is 5.52. The molecule has 1 fully saturated rings. The molecule has 1 aromatic rings. The third-order valence-electron chi connectivity index (χ3n) is 3.76. The quantitative estimate of drug-likeness (QED) is 0.632. The van der Waals surface area contributed by atoms with Gasteiger partial charge in [0, 0.05) is 0 Å². The zero-order chi connectivity index (χ0) is 11.4. The van der Waals surface area contributed by atoms with Gasteiger partial charge in [-0.25, -0.2) is 0 Å². The summed E-state index contributed by atoms with van der Waals surface area (Å²) in [6.45, 7) is 7.80. The minimum Gasteiger partial charge on any atom is -0.103 e. The standard InChI is InChI=1S/C16H20/c1-3-13-9-11-15(12-10-13)16-8-6-5-7-14(16)4-2/h3-8,13,15H,1-2,9-12H2. The third kappa shape index (κ3) is 2.27. The molecule has 0 bridgehead atoms. The van der Waals surface area contributed by atoms with Gasteiger partial charge in [0.1, 0.15) is 0 Å². The maximum Gasteiger partial charge on any atom is -0.0156 e. The number of benzene rings is 1. The molecular formula is C16H20. The average Bonchev–Trinajstić information content (AvgIpc) is 2.39. The number of allylic oxidation sites excluding steroid dienone is 1. The average molecular weight is 212 g/mol. The van der Waals surface area contributed by atoms with E-state index in [1.807, 2.05) is 6.08 Å². The van der Waals surface area contributed by atoms with E-state index in [-0.39, 0.29) is 0 Å². The molecule has 1 aliphatic rings. The second-order valence-electron chi connectivity index (χ2n) is 4.68. The molecule has 0 saturated heterocycles. The molecule has 0 N–H and O–H groups in total. The Bertz CT molecular complexity index is 367. The molecule has 2 rings (SSSR count). The fraction of sp³-hybridized carbons (Fsp3) is 0.375. The summed E-state index contributed by atoms with van der Waals surface area (Å²) in [5.74, 6) is 1.47. The topological polar surface area (TPSA) is 0 Å². The largest absolute Gasteiger partial charge is 0.103 e. The van der Waals surface area contributed by atoms with Crippen LogP contribution in [0.15, 0.2) is 43.5 Å². The molecule has 0 radical (unpaired) electrons. The van der Waals surface area contributed by atoms with Crippen LogP contribution in [-0.2, 0) is 0 Å². The van der Waals surface area contributed by atoms with E-state index in [0.29, 0.717) is 0 Å². The van der Waals surface area contributed by atoms with Gasteiger partial charge in [-0.3, -0.25) is 0 Å². The summed E-state index contributed by atoms with van der Waals surface area (Å²) in [7, 11) is 0. The third-order valence-corrected chi connectivity index (χ3v) is 3.76. The maximum atomic E-state index is 3.90. The SMILES string of the molecule is C=Cc1ccccc1C1CCC(C=C)CC1. The monoisotopic (exact) mass is 212 g/mol. The molecule has 0 unspecified atom stereocenters. The predicted molar refractivity (Wildman–Crippen MR) is 71.4 cm³/mol. The molecule has 0 aliphatic heterocycles. The van der Waals surface area contributed by atoms with Gasteiger partial charge in [-0.05, 0) is 48.6 Å². The Balaban J connectivity index is 2.13. The Morgan fingerprint density at radius 3 is 2.31 bits per heavy atom. The van der Waals surface area contributed by atoms with Crippen LogP contribution in [0.4, 0.5) is 0 Å². The first-order chi connectivity index (χ1) is 7.85. The van der Waals surface area contributed by atoms with Crippen LogP contribution in [0.25, 0.3) is 6.08 Å².